The molecule has 1 aromatic heterocycles. The van der Waals surface area contributed by atoms with E-state index in [1.54, 1.807) is 13.1 Å². The van der Waals surface area contributed by atoms with Crippen LogP contribution in [-0.2, 0) is 14.8 Å². The molecule has 2 heterocycles. The van der Waals surface area contributed by atoms with Crippen molar-refractivity contribution in [1.82, 2.24) is 9.29 Å². The number of hydrogen-bond acceptors (Lipinski definition) is 5. The number of nitrogens with zero attached hydrogens (tertiary/aromatic N) is 2. The topological polar surface area (TPSA) is 71.5 Å². The number of nitrogens with one attached hydrogen (secondary N) is 1. The summed E-state index contributed by atoms with van der Waals surface area (Å²) in [6, 6.07) is 3.12. The first-order valence-corrected chi connectivity index (χ1v) is 8.72. The lowest BCUT2D eigenvalue weighted by Gasteiger charge is -2.26. The van der Waals surface area contributed by atoms with Crippen LogP contribution < -0.4 is 5.32 Å². The van der Waals surface area contributed by atoms with Crippen molar-refractivity contribution in [3.05, 3.63) is 18.3 Å². The second-order valence-electron chi connectivity index (χ2n) is 5.25. The molecular weight excluding hydrogens is 290 g/mol. The van der Waals surface area contributed by atoms with Crippen molar-refractivity contribution >= 4 is 15.8 Å². The molecule has 0 bridgehead atoms. The molecule has 1 aromatic rings. The molecular formula is C14H23N3O3S. The Morgan fingerprint density at radius 1 is 1.43 bits per heavy atom. The van der Waals surface area contributed by atoms with Crippen molar-refractivity contribution < 1.29 is 13.2 Å². The van der Waals surface area contributed by atoms with Crippen molar-refractivity contribution in [2.75, 3.05) is 38.7 Å². The van der Waals surface area contributed by atoms with E-state index in [-0.39, 0.29) is 4.90 Å². The molecule has 1 aliphatic heterocycles. The minimum atomic E-state index is -3.47. The number of sulfonamides is 1. The third-order valence-corrected chi connectivity index (χ3v) is 5.47. The fraction of sp³-hybridized carbons (Fsp3) is 0.643. The quantitative estimate of drug-likeness (QED) is 0.863. The fourth-order valence-corrected chi connectivity index (χ4v) is 3.68. The SMILES string of the molecule is CCNc1cc(S(=O)(=O)N(C)CC2CCOCC2)ccn1. The number of ether oxygens (including phenoxy) is 1. The summed E-state index contributed by atoms with van der Waals surface area (Å²) in [5, 5.41) is 3.03. The maximum Gasteiger partial charge on any atom is 0.243 e. The van der Waals surface area contributed by atoms with Gasteiger partial charge in [-0.05, 0) is 31.7 Å². The molecule has 6 nitrogen and oxygen atoms in total. The van der Waals surface area contributed by atoms with Crippen molar-refractivity contribution in [2.24, 2.45) is 5.92 Å². The molecule has 0 saturated carbocycles. The first-order valence-electron chi connectivity index (χ1n) is 7.28. The van der Waals surface area contributed by atoms with E-state index in [2.05, 4.69) is 10.3 Å². The lowest BCUT2D eigenvalue weighted by atomic mass is 10.0. The van der Waals surface area contributed by atoms with Gasteiger partial charge in [0.25, 0.3) is 0 Å². The van der Waals surface area contributed by atoms with Crippen LogP contribution in [0.3, 0.4) is 0 Å². The van der Waals surface area contributed by atoms with Crippen molar-refractivity contribution in [1.29, 1.82) is 0 Å². The second-order valence-corrected chi connectivity index (χ2v) is 7.29. The summed E-state index contributed by atoms with van der Waals surface area (Å²) in [5.41, 5.74) is 0. The van der Waals surface area contributed by atoms with Gasteiger partial charge in [-0.15, -0.1) is 0 Å². The van der Waals surface area contributed by atoms with Gasteiger partial charge in [0.2, 0.25) is 10.0 Å². The van der Waals surface area contributed by atoms with E-state index < -0.39 is 10.0 Å². The normalized spacial score (nSPS) is 17.1. The highest BCUT2D eigenvalue weighted by molar-refractivity contribution is 7.89. The molecule has 1 aliphatic rings. The van der Waals surface area contributed by atoms with Crippen molar-refractivity contribution in [2.45, 2.75) is 24.7 Å². The number of pyridine rings is 1. The third-order valence-electron chi connectivity index (χ3n) is 3.65. The third kappa shape index (κ3) is 4.15. The van der Waals surface area contributed by atoms with Crippen LogP contribution in [0.15, 0.2) is 23.2 Å². The summed E-state index contributed by atoms with van der Waals surface area (Å²) >= 11 is 0. The maximum absolute atomic E-state index is 12.6. The highest BCUT2D eigenvalue weighted by atomic mass is 32.2. The van der Waals surface area contributed by atoms with E-state index >= 15 is 0 Å². The van der Waals surface area contributed by atoms with Gasteiger partial charge in [-0.1, -0.05) is 0 Å². The van der Waals surface area contributed by atoms with Crippen LogP contribution >= 0.6 is 0 Å². The Balaban J connectivity index is 2.10. The molecule has 0 radical (unpaired) electrons. The lowest BCUT2D eigenvalue weighted by molar-refractivity contribution is 0.0620. The standard InChI is InChI=1S/C14H23N3O3S/c1-3-15-14-10-13(4-7-16-14)21(18,19)17(2)11-12-5-8-20-9-6-12/h4,7,10,12H,3,5-6,8-9,11H2,1-2H3,(H,15,16). The molecule has 0 atom stereocenters. The molecule has 21 heavy (non-hydrogen) atoms. The van der Waals surface area contributed by atoms with Gasteiger partial charge in [-0.3, -0.25) is 0 Å². The summed E-state index contributed by atoms with van der Waals surface area (Å²) in [6.45, 7) is 4.62. The van der Waals surface area contributed by atoms with E-state index in [0.717, 1.165) is 26.1 Å². The Bertz CT molecular complexity index is 556. The first-order chi connectivity index (χ1) is 10.0. The van der Waals surface area contributed by atoms with Gasteiger partial charge in [0.05, 0.1) is 4.90 Å². The van der Waals surface area contributed by atoms with Gasteiger partial charge in [0, 0.05) is 45.6 Å². The largest absolute Gasteiger partial charge is 0.381 e. The predicted molar refractivity (Wildman–Crippen MR) is 81.8 cm³/mol. The Morgan fingerprint density at radius 3 is 2.81 bits per heavy atom. The van der Waals surface area contributed by atoms with E-state index in [1.165, 1.54) is 16.6 Å². The minimum Gasteiger partial charge on any atom is -0.381 e. The highest BCUT2D eigenvalue weighted by Crippen LogP contribution is 2.21. The zero-order valence-corrected chi connectivity index (χ0v) is 13.4. The molecule has 0 unspecified atom stereocenters. The number of aromatic nitrogens is 1. The monoisotopic (exact) mass is 313 g/mol. The Morgan fingerprint density at radius 2 is 2.14 bits per heavy atom. The molecule has 1 N–H and O–H groups in total. The number of hydrogen-bond donors (Lipinski definition) is 1. The summed E-state index contributed by atoms with van der Waals surface area (Å²) < 4.78 is 32.0. The van der Waals surface area contributed by atoms with Gasteiger partial charge in [-0.2, -0.15) is 0 Å². The minimum absolute atomic E-state index is 0.281. The molecule has 2 rings (SSSR count). The van der Waals surface area contributed by atoms with Gasteiger partial charge in [0.1, 0.15) is 5.82 Å². The molecule has 0 aromatic carbocycles. The van der Waals surface area contributed by atoms with Crippen LogP contribution in [0.4, 0.5) is 5.82 Å². The Labute approximate surface area is 126 Å². The molecule has 0 spiro atoms. The van der Waals surface area contributed by atoms with Crippen molar-refractivity contribution in [3.8, 4) is 0 Å². The number of rotatable bonds is 6. The molecule has 0 aliphatic carbocycles. The highest BCUT2D eigenvalue weighted by Gasteiger charge is 2.25. The maximum atomic E-state index is 12.6. The van der Waals surface area contributed by atoms with Gasteiger partial charge < -0.3 is 10.1 Å². The first kappa shape index (κ1) is 16.2. The van der Waals surface area contributed by atoms with Crippen LogP contribution in [0.25, 0.3) is 0 Å². The second kappa shape index (κ2) is 7.20. The van der Waals surface area contributed by atoms with Crippen LogP contribution in [0.2, 0.25) is 0 Å². The van der Waals surface area contributed by atoms with Crippen molar-refractivity contribution in [3.63, 3.8) is 0 Å². The van der Waals surface area contributed by atoms with Crippen LogP contribution in [-0.4, -0.2) is 51.1 Å². The average Bonchev–Trinajstić information content (AvgIpc) is 2.49. The van der Waals surface area contributed by atoms with Crippen LogP contribution in [0.1, 0.15) is 19.8 Å². The van der Waals surface area contributed by atoms with Crippen LogP contribution in [0.5, 0.6) is 0 Å². The summed E-state index contributed by atoms with van der Waals surface area (Å²) in [5.74, 6) is 0.951. The van der Waals surface area contributed by atoms with E-state index in [9.17, 15) is 8.42 Å². The van der Waals surface area contributed by atoms with E-state index in [4.69, 9.17) is 4.74 Å². The van der Waals surface area contributed by atoms with Gasteiger partial charge in [-0.25, -0.2) is 17.7 Å². The molecule has 1 fully saturated rings. The van der Waals surface area contributed by atoms with Crippen LogP contribution in [0, 0.1) is 5.92 Å². The smallest absolute Gasteiger partial charge is 0.243 e. The predicted octanol–water partition coefficient (Wildman–Crippen LogP) is 1.56. The molecule has 118 valence electrons. The lowest BCUT2D eigenvalue weighted by Crippen LogP contribution is -2.34. The van der Waals surface area contributed by atoms with E-state index in [1.807, 2.05) is 6.92 Å². The fourth-order valence-electron chi connectivity index (χ4n) is 2.42. The summed E-state index contributed by atoms with van der Waals surface area (Å²) in [7, 11) is -1.83. The zero-order chi connectivity index (χ0) is 15.3. The Hall–Kier alpha value is -1.18. The zero-order valence-electron chi connectivity index (χ0n) is 12.6. The summed E-state index contributed by atoms with van der Waals surface area (Å²) in [6.07, 6.45) is 3.35. The van der Waals surface area contributed by atoms with Gasteiger partial charge in [0.15, 0.2) is 0 Å². The summed E-state index contributed by atoms with van der Waals surface area (Å²) in [4.78, 5) is 4.39. The van der Waals surface area contributed by atoms with Gasteiger partial charge >= 0.3 is 0 Å². The molecule has 7 heteroatoms. The van der Waals surface area contributed by atoms with E-state index in [0.29, 0.717) is 24.8 Å². The Kier molecular flexibility index (Phi) is 5.55. The number of anilines is 1. The molecule has 0 amide bonds. The average molecular weight is 313 g/mol. The molecule has 1 saturated heterocycles.